The third kappa shape index (κ3) is 4.50. The molecule has 0 unspecified atom stereocenters. The SMILES string of the molecule is CSc1ccccc1NC(=O)C(=O)NC[C@](C)(O)c1cc2ccccc2s1. The quantitative estimate of drug-likeness (QED) is 0.452. The topological polar surface area (TPSA) is 78.4 Å². The Morgan fingerprint density at radius 3 is 2.56 bits per heavy atom. The molecule has 140 valence electrons. The third-order valence-corrected chi connectivity index (χ3v) is 6.28. The number of thioether (sulfide) groups is 1. The fourth-order valence-corrected chi connectivity index (χ4v) is 4.25. The van der Waals surface area contributed by atoms with Gasteiger partial charge in [0.2, 0.25) is 0 Å². The molecule has 1 heterocycles. The predicted molar refractivity (Wildman–Crippen MR) is 111 cm³/mol. The fraction of sp³-hybridized carbons (Fsp3) is 0.200. The van der Waals surface area contributed by atoms with Gasteiger partial charge in [0.05, 0.1) is 12.2 Å². The van der Waals surface area contributed by atoms with Gasteiger partial charge in [0, 0.05) is 14.5 Å². The van der Waals surface area contributed by atoms with Crippen LogP contribution in [0.3, 0.4) is 0 Å². The van der Waals surface area contributed by atoms with Gasteiger partial charge in [-0.05, 0) is 42.8 Å². The van der Waals surface area contributed by atoms with Gasteiger partial charge < -0.3 is 15.7 Å². The molecule has 0 radical (unpaired) electrons. The summed E-state index contributed by atoms with van der Waals surface area (Å²) >= 11 is 2.95. The molecule has 0 saturated heterocycles. The lowest BCUT2D eigenvalue weighted by Crippen LogP contribution is -2.43. The number of hydrogen-bond acceptors (Lipinski definition) is 5. The van der Waals surface area contributed by atoms with Gasteiger partial charge in [0.1, 0.15) is 5.60 Å². The summed E-state index contributed by atoms with van der Waals surface area (Å²) in [5.74, 6) is -1.55. The van der Waals surface area contributed by atoms with E-state index < -0.39 is 17.4 Å². The molecular formula is C20H20N2O3S2. The lowest BCUT2D eigenvalue weighted by Gasteiger charge is -2.22. The maximum atomic E-state index is 12.2. The number of benzene rings is 2. The van der Waals surface area contributed by atoms with E-state index in [1.807, 2.05) is 48.7 Å². The first kappa shape index (κ1) is 19.4. The van der Waals surface area contributed by atoms with Gasteiger partial charge in [-0.15, -0.1) is 23.1 Å². The van der Waals surface area contributed by atoms with E-state index in [2.05, 4.69) is 10.6 Å². The largest absolute Gasteiger partial charge is 0.383 e. The van der Waals surface area contributed by atoms with Crippen LogP contribution in [0, 0.1) is 0 Å². The van der Waals surface area contributed by atoms with E-state index in [1.54, 1.807) is 19.1 Å². The molecule has 0 saturated carbocycles. The summed E-state index contributed by atoms with van der Waals surface area (Å²) in [5.41, 5.74) is -0.682. The molecule has 0 spiro atoms. The van der Waals surface area contributed by atoms with Crippen LogP contribution >= 0.6 is 23.1 Å². The van der Waals surface area contributed by atoms with Crippen LogP contribution < -0.4 is 10.6 Å². The van der Waals surface area contributed by atoms with E-state index in [-0.39, 0.29) is 6.54 Å². The highest BCUT2D eigenvalue weighted by Gasteiger charge is 2.27. The summed E-state index contributed by atoms with van der Waals surface area (Å²) in [5, 5.41) is 16.9. The van der Waals surface area contributed by atoms with Crippen LogP contribution in [0.1, 0.15) is 11.8 Å². The number of rotatable bonds is 5. The van der Waals surface area contributed by atoms with Crippen LogP contribution in [0.4, 0.5) is 5.69 Å². The second-order valence-corrected chi connectivity index (χ2v) is 8.19. The minimum absolute atomic E-state index is 0.0593. The molecule has 0 aliphatic rings. The molecule has 7 heteroatoms. The van der Waals surface area contributed by atoms with Crippen molar-refractivity contribution in [2.24, 2.45) is 0 Å². The second kappa shape index (κ2) is 8.12. The van der Waals surface area contributed by atoms with Crippen molar-refractivity contribution in [1.29, 1.82) is 0 Å². The van der Waals surface area contributed by atoms with Crippen LogP contribution in [0.2, 0.25) is 0 Å². The standard InChI is InChI=1S/C20H20N2O3S2/c1-20(25,17-11-13-7-3-5-9-15(13)27-17)12-21-18(23)19(24)22-14-8-4-6-10-16(14)26-2/h3-11,25H,12H2,1-2H3,(H,21,23)(H,22,24)/t20-/m0/s1. The van der Waals surface area contributed by atoms with E-state index in [4.69, 9.17) is 0 Å². The number of nitrogens with one attached hydrogen (secondary N) is 2. The normalized spacial score (nSPS) is 13.1. The molecule has 2 amide bonds. The summed E-state index contributed by atoms with van der Waals surface area (Å²) in [4.78, 5) is 25.9. The summed E-state index contributed by atoms with van der Waals surface area (Å²) < 4.78 is 1.06. The van der Waals surface area contributed by atoms with Gasteiger partial charge in [-0.1, -0.05) is 30.3 Å². The first-order valence-electron chi connectivity index (χ1n) is 8.34. The number of carbonyl (C=O) groups is 2. The van der Waals surface area contributed by atoms with Gasteiger partial charge in [0.15, 0.2) is 0 Å². The summed E-state index contributed by atoms with van der Waals surface area (Å²) in [7, 11) is 0. The third-order valence-electron chi connectivity index (χ3n) is 4.11. The van der Waals surface area contributed by atoms with Crippen LogP contribution in [-0.2, 0) is 15.2 Å². The number of fused-ring (bicyclic) bond motifs is 1. The van der Waals surface area contributed by atoms with E-state index in [0.29, 0.717) is 5.69 Å². The Bertz CT molecular complexity index is 949. The zero-order valence-electron chi connectivity index (χ0n) is 15.0. The fourth-order valence-electron chi connectivity index (χ4n) is 2.59. The molecule has 0 fully saturated rings. The molecule has 3 N–H and O–H groups in total. The van der Waals surface area contributed by atoms with Gasteiger partial charge in [-0.25, -0.2) is 0 Å². The summed E-state index contributed by atoms with van der Waals surface area (Å²) in [6.45, 7) is 1.56. The highest BCUT2D eigenvalue weighted by molar-refractivity contribution is 7.98. The maximum absolute atomic E-state index is 12.2. The number of aliphatic hydroxyl groups is 1. The minimum atomic E-state index is -1.27. The highest BCUT2D eigenvalue weighted by Crippen LogP contribution is 2.32. The zero-order chi connectivity index (χ0) is 19.4. The smallest absolute Gasteiger partial charge is 0.313 e. The van der Waals surface area contributed by atoms with Gasteiger partial charge in [-0.2, -0.15) is 0 Å². The Morgan fingerprint density at radius 1 is 1.11 bits per heavy atom. The van der Waals surface area contributed by atoms with Crippen molar-refractivity contribution in [1.82, 2.24) is 5.32 Å². The molecule has 5 nitrogen and oxygen atoms in total. The van der Waals surface area contributed by atoms with Crippen molar-refractivity contribution in [3.8, 4) is 0 Å². The number of anilines is 1. The van der Waals surface area contributed by atoms with E-state index in [0.717, 1.165) is 19.9 Å². The van der Waals surface area contributed by atoms with Crippen LogP contribution in [0.25, 0.3) is 10.1 Å². The van der Waals surface area contributed by atoms with Crippen LogP contribution in [0.15, 0.2) is 59.5 Å². The average Bonchev–Trinajstić information content (AvgIpc) is 3.12. The van der Waals surface area contributed by atoms with Gasteiger partial charge in [-0.3, -0.25) is 9.59 Å². The van der Waals surface area contributed by atoms with E-state index in [9.17, 15) is 14.7 Å². The predicted octanol–water partition coefficient (Wildman–Crippen LogP) is 3.59. The molecule has 27 heavy (non-hydrogen) atoms. The Balaban J connectivity index is 1.64. The van der Waals surface area contributed by atoms with Crippen molar-refractivity contribution in [2.45, 2.75) is 17.4 Å². The Morgan fingerprint density at radius 2 is 1.81 bits per heavy atom. The summed E-state index contributed by atoms with van der Waals surface area (Å²) in [6.07, 6.45) is 1.90. The number of para-hydroxylation sites is 1. The van der Waals surface area contributed by atoms with Crippen molar-refractivity contribution in [2.75, 3.05) is 18.1 Å². The lowest BCUT2D eigenvalue weighted by molar-refractivity contribution is -0.136. The lowest BCUT2D eigenvalue weighted by atomic mass is 10.0. The number of carbonyl (C=O) groups excluding carboxylic acids is 2. The molecule has 0 bridgehead atoms. The number of hydrogen-bond donors (Lipinski definition) is 3. The number of amides is 2. The molecule has 0 aliphatic carbocycles. The van der Waals surface area contributed by atoms with E-state index in [1.165, 1.54) is 23.1 Å². The van der Waals surface area contributed by atoms with Gasteiger partial charge in [0.25, 0.3) is 0 Å². The van der Waals surface area contributed by atoms with Crippen molar-refractivity contribution < 1.29 is 14.7 Å². The highest BCUT2D eigenvalue weighted by atomic mass is 32.2. The minimum Gasteiger partial charge on any atom is -0.383 e. The molecule has 1 atom stereocenters. The Labute approximate surface area is 165 Å². The molecule has 0 aliphatic heterocycles. The second-order valence-electron chi connectivity index (χ2n) is 6.26. The molecule has 1 aromatic heterocycles. The Hall–Kier alpha value is -2.35. The zero-order valence-corrected chi connectivity index (χ0v) is 16.6. The van der Waals surface area contributed by atoms with Crippen molar-refractivity contribution in [3.05, 3.63) is 59.5 Å². The molecular weight excluding hydrogens is 380 g/mol. The first-order chi connectivity index (χ1) is 12.9. The van der Waals surface area contributed by atoms with Crippen LogP contribution in [0.5, 0.6) is 0 Å². The van der Waals surface area contributed by atoms with Crippen LogP contribution in [-0.4, -0.2) is 29.7 Å². The van der Waals surface area contributed by atoms with E-state index >= 15 is 0 Å². The Kier molecular flexibility index (Phi) is 5.84. The van der Waals surface area contributed by atoms with Gasteiger partial charge >= 0.3 is 11.8 Å². The average molecular weight is 401 g/mol. The molecule has 3 aromatic rings. The first-order valence-corrected chi connectivity index (χ1v) is 10.4. The monoisotopic (exact) mass is 400 g/mol. The number of thiophene rings is 1. The molecule has 2 aromatic carbocycles. The summed E-state index contributed by atoms with van der Waals surface area (Å²) in [6, 6.07) is 17.0. The maximum Gasteiger partial charge on any atom is 0.313 e. The van der Waals surface area contributed by atoms with Crippen molar-refractivity contribution in [3.63, 3.8) is 0 Å². The van der Waals surface area contributed by atoms with Crippen molar-refractivity contribution >= 4 is 50.7 Å². The molecule has 3 rings (SSSR count).